The average molecular weight is 175 g/mol. The smallest absolute Gasteiger partial charge is 0.352 e. The lowest BCUT2D eigenvalue weighted by atomic mass is 10.4. The molecular formula is C7H7F2NO2. The molecule has 1 aromatic rings. The van der Waals surface area contributed by atoms with E-state index in [-0.39, 0.29) is 11.4 Å². The first-order valence-corrected chi connectivity index (χ1v) is 3.21. The van der Waals surface area contributed by atoms with Crippen LogP contribution in [0.1, 0.15) is 22.6 Å². The summed E-state index contributed by atoms with van der Waals surface area (Å²) in [6.07, 6.45) is -2.64. The van der Waals surface area contributed by atoms with Crippen LogP contribution in [0.4, 0.5) is 8.78 Å². The fourth-order valence-corrected chi connectivity index (χ4v) is 0.961. The van der Waals surface area contributed by atoms with Gasteiger partial charge in [0, 0.05) is 7.05 Å². The number of aromatic nitrogens is 1. The molecule has 1 rings (SSSR count). The van der Waals surface area contributed by atoms with E-state index in [1.807, 2.05) is 0 Å². The second kappa shape index (κ2) is 2.92. The molecule has 0 atom stereocenters. The molecule has 0 bridgehead atoms. The highest BCUT2D eigenvalue weighted by Crippen LogP contribution is 2.20. The molecule has 0 saturated heterocycles. The van der Waals surface area contributed by atoms with Crippen molar-refractivity contribution >= 4 is 5.97 Å². The molecule has 3 nitrogen and oxygen atoms in total. The van der Waals surface area contributed by atoms with Gasteiger partial charge >= 0.3 is 5.97 Å². The lowest BCUT2D eigenvalue weighted by molar-refractivity contribution is 0.0684. The van der Waals surface area contributed by atoms with Gasteiger partial charge in [0.2, 0.25) is 0 Å². The Morgan fingerprint density at radius 2 is 2.17 bits per heavy atom. The minimum atomic E-state index is -2.64. The van der Waals surface area contributed by atoms with E-state index in [1.165, 1.54) is 7.05 Å². The summed E-state index contributed by atoms with van der Waals surface area (Å²) in [4.78, 5) is 10.4. The van der Waals surface area contributed by atoms with Crippen molar-refractivity contribution in [3.63, 3.8) is 0 Å². The summed E-state index contributed by atoms with van der Waals surface area (Å²) < 4.78 is 25.1. The predicted octanol–water partition coefficient (Wildman–Crippen LogP) is 1.66. The minimum Gasteiger partial charge on any atom is -0.477 e. The topological polar surface area (TPSA) is 42.2 Å². The Labute approximate surface area is 67.2 Å². The zero-order chi connectivity index (χ0) is 9.30. The molecule has 0 aliphatic carbocycles. The van der Waals surface area contributed by atoms with Gasteiger partial charge in [-0.3, -0.25) is 0 Å². The third-order valence-electron chi connectivity index (χ3n) is 1.60. The number of hydrogen-bond donors (Lipinski definition) is 1. The number of carboxylic acid groups (broad SMARTS) is 1. The summed E-state index contributed by atoms with van der Waals surface area (Å²) in [5, 5.41) is 8.50. The van der Waals surface area contributed by atoms with Crippen molar-refractivity contribution in [2.75, 3.05) is 0 Å². The largest absolute Gasteiger partial charge is 0.477 e. The van der Waals surface area contributed by atoms with Crippen molar-refractivity contribution < 1.29 is 18.7 Å². The van der Waals surface area contributed by atoms with Gasteiger partial charge < -0.3 is 9.67 Å². The van der Waals surface area contributed by atoms with Crippen LogP contribution in [-0.2, 0) is 7.05 Å². The first-order chi connectivity index (χ1) is 5.54. The lowest BCUT2D eigenvalue weighted by Crippen LogP contribution is -2.06. The number of rotatable bonds is 2. The van der Waals surface area contributed by atoms with Crippen LogP contribution in [0.2, 0.25) is 0 Å². The molecule has 0 aromatic carbocycles. The van der Waals surface area contributed by atoms with E-state index in [4.69, 9.17) is 5.11 Å². The summed E-state index contributed by atoms with van der Waals surface area (Å²) in [6, 6.07) is 2.26. The van der Waals surface area contributed by atoms with E-state index < -0.39 is 12.4 Å². The van der Waals surface area contributed by atoms with E-state index >= 15 is 0 Å². The van der Waals surface area contributed by atoms with E-state index in [0.29, 0.717) is 0 Å². The maximum absolute atomic E-state index is 12.1. The molecule has 0 aliphatic rings. The molecule has 0 aliphatic heterocycles. The summed E-state index contributed by atoms with van der Waals surface area (Å²) in [6.45, 7) is 0. The van der Waals surface area contributed by atoms with Crippen molar-refractivity contribution in [1.82, 2.24) is 4.57 Å². The van der Waals surface area contributed by atoms with Crippen molar-refractivity contribution in [2.45, 2.75) is 6.43 Å². The first kappa shape index (κ1) is 8.70. The summed E-state index contributed by atoms with van der Waals surface area (Å²) in [5.41, 5.74) is -0.419. The van der Waals surface area contributed by atoms with Gasteiger partial charge in [0.25, 0.3) is 6.43 Å². The number of nitrogens with zero attached hydrogens (tertiary/aromatic N) is 1. The summed E-state index contributed by atoms with van der Waals surface area (Å²) in [7, 11) is 1.30. The Kier molecular flexibility index (Phi) is 2.12. The highest BCUT2D eigenvalue weighted by Gasteiger charge is 2.16. The molecule has 1 heterocycles. The van der Waals surface area contributed by atoms with Crippen LogP contribution < -0.4 is 0 Å². The van der Waals surface area contributed by atoms with Crippen LogP contribution in [0.3, 0.4) is 0 Å². The minimum absolute atomic E-state index is 0.134. The fourth-order valence-electron chi connectivity index (χ4n) is 0.961. The Hall–Kier alpha value is -1.39. The zero-order valence-electron chi connectivity index (χ0n) is 6.29. The van der Waals surface area contributed by atoms with Gasteiger partial charge in [-0.1, -0.05) is 0 Å². The van der Waals surface area contributed by atoms with E-state index in [2.05, 4.69) is 0 Å². The van der Waals surface area contributed by atoms with E-state index in [9.17, 15) is 13.6 Å². The van der Waals surface area contributed by atoms with Crippen molar-refractivity contribution in [3.8, 4) is 0 Å². The number of carboxylic acids is 1. The van der Waals surface area contributed by atoms with Gasteiger partial charge in [-0.05, 0) is 12.1 Å². The standard InChI is InChI=1S/C7H7F2NO2/c1-10-4(6(8)9)2-3-5(10)7(11)12/h2-3,6H,1H3,(H,11,12). The zero-order valence-corrected chi connectivity index (χ0v) is 6.29. The number of carbonyl (C=O) groups is 1. The quantitative estimate of drug-likeness (QED) is 0.742. The Morgan fingerprint density at radius 1 is 1.58 bits per heavy atom. The number of alkyl halides is 2. The van der Waals surface area contributed by atoms with Crippen LogP contribution >= 0.6 is 0 Å². The molecule has 0 fully saturated rings. The molecule has 0 radical (unpaired) electrons. The highest BCUT2D eigenvalue weighted by atomic mass is 19.3. The SMILES string of the molecule is Cn1c(C(=O)O)ccc1C(F)F. The van der Waals surface area contributed by atoms with Gasteiger partial charge in [0.1, 0.15) is 5.69 Å². The number of halogens is 2. The Balaban J connectivity index is 3.13. The Morgan fingerprint density at radius 3 is 2.42 bits per heavy atom. The first-order valence-electron chi connectivity index (χ1n) is 3.21. The molecule has 5 heteroatoms. The molecule has 0 saturated carbocycles. The lowest BCUT2D eigenvalue weighted by Gasteiger charge is -2.02. The monoisotopic (exact) mass is 175 g/mol. The number of hydrogen-bond acceptors (Lipinski definition) is 1. The van der Waals surface area contributed by atoms with Crippen molar-refractivity contribution in [1.29, 1.82) is 0 Å². The molecule has 0 spiro atoms. The van der Waals surface area contributed by atoms with Gasteiger partial charge in [-0.25, -0.2) is 13.6 Å². The predicted molar refractivity (Wildman–Crippen MR) is 37.3 cm³/mol. The highest BCUT2D eigenvalue weighted by molar-refractivity contribution is 5.86. The van der Waals surface area contributed by atoms with Gasteiger partial charge in [0.15, 0.2) is 0 Å². The van der Waals surface area contributed by atoms with E-state index in [0.717, 1.165) is 16.7 Å². The third kappa shape index (κ3) is 1.30. The van der Waals surface area contributed by atoms with Crippen LogP contribution in [0.5, 0.6) is 0 Å². The molecule has 0 amide bonds. The fraction of sp³-hybridized carbons (Fsp3) is 0.286. The van der Waals surface area contributed by atoms with Crippen LogP contribution in [0, 0.1) is 0 Å². The van der Waals surface area contributed by atoms with Crippen LogP contribution in [-0.4, -0.2) is 15.6 Å². The maximum atomic E-state index is 12.1. The Bertz CT molecular complexity index is 306. The summed E-state index contributed by atoms with van der Waals surface area (Å²) in [5.74, 6) is -1.20. The molecule has 1 aromatic heterocycles. The molecule has 12 heavy (non-hydrogen) atoms. The van der Waals surface area contributed by atoms with Gasteiger partial charge in [-0.2, -0.15) is 0 Å². The third-order valence-corrected chi connectivity index (χ3v) is 1.60. The second-order valence-electron chi connectivity index (χ2n) is 2.31. The molecule has 66 valence electrons. The van der Waals surface area contributed by atoms with Crippen molar-refractivity contribution in [2.24, 2.45) is 7.05 Å². The van der Waals surface area contributed by atoms with Crippen molar-refractivity contribution in [3.05, 3.63) is 23.5 Å². The molecule has 1 N–H and O–H groups in total. The van der Waals surface area contributed by atoms with Crippen LogP contribution in [0.15, 0.2) is 12.1 Å². The summed E-state index contributed by atoms with van der Waals surface area (Å²) >= 11 is 0. The number of aromatic carboxylic acids is 1. The van der Waals surface area contributed by atoms with Gasteiger partial charge in [0.05, 0.1) is 5.69 Å². The maximum Gasteiger partial charge on any atom is 0.352 e. The average Bonchev–Trinajstić information content (AvgIpc) is 2.30. The van der Waals surface area contributed by atoms with Crippen LogP contribution in [0.25, 0.3) is 0 Å². The van der Waals surface area contributed by atoms with E-state index in [1.54, 1.807) is 0 Å². The normalized spacial score (nSPS) is 10.7. The van der Waals surface area contributed by atoms with Gasteiger partial charge in [-0.15, -0.1) is 0 Å². The molecular weight excluding hydrogens is 168 g/mol. The second-order valence-corrected chi connectivity index (χ2v) is 2.31. The molecule has 0 unspecified atom stereocenters.